The fourth-order valence-electron chi connectivity index (χ4n) is 1.61. The van der Waals surface area contributed by atoms with Gasteiger partial charge in [0, 0.05) is 13.1 Å². The summed E-state index contributed by atoms with van der Waals surface area (Å²) in [6.45, 7) is -0.0177. The molecule has 1 saturated heterocycles. The largest absolute Gasteiger partial charge is 0.354 e. The van der Waals surface area contributed by atoms with Gasteiger partial charge in [-0.3, -0.25) is 4.79 Å². The maximum absolute atomic E-state index is 13.0. The van der Waals surface area contributed by atoms with Crippen molar-refractivity contribution in [1.29, 1.82) is 0 Å². The Labute approximate surface area is 102 Å². The van der Waals surface area contributed by atoms with Crippen LogP contribution in [0.15, 0.2) is 23.1 Å². The molecule has 1 fully saturated rings. The van der Waals surface area contributed by atoms with Gasteiger partial charge in [-0.15, -0.1) is 0 Å². The summed E-state index contributed by atoms with van der Waals surface area (Å²) in [5.41, 5.74) is 0. The standard InChI is InChI=1S/C10H10F2N2O3S/c11-8-2-1-7(5-9(8)12)18(16,17)14-4-3-13-10(15)6-14/h1-2,5H,3-4,6H2,(H,13,15). The third kappa shape index (κ3) is 2.34. The van der Waals surface area contributed by atoms with Crippen molar-refractivity contribution in [3.05, 3.63) is 29.8 Å². The molecule has 1 aliphatic rings. The molecule has 0 aromatic heterocycles. The van der Waals surface area contributed by atoms with Crippen LogP contribution in [0.25, 0.3) is 0 Å². The number of nitrogens with zero attached hydrogens (tertiary/aromatic N) is 1. The minimum absolute atomic E-state index is 0.104. The van der Waals surface area contributed by atoms with Crippen molar-refractivity contribution in [2.45, 2.75) is 4.90 Å². The normalized spacial score (nSPS) is 17.6. The molecule has 1 N–H and O–H groups in total. The average Bonchev–Trinajstić information content (AvgIpc) is 2.32. The maximum Gasteiger partial charge on any atom is 0.243 e. The summed E-state index contributed by atoms with van der Waals surface area (Å²) in [5.74, 6) is -2.78. The van der Waals surface area contributed by atoms with Crippen LogP contribution in [0.3, 0.4) is 0 Å². The molecule has 0 aliphatic carbocycles. The lowest BCUT2D eigenvalue weighted by Gasteiger charge is -2.25. The monoisotopic (exact) mass is 276 g/mol. The Kier molecular flexibility index (Phi) is 3.31. The van der Waals surface area contributed by atoms with E-state index in [0.717, 1.165) is 16.4 Å². The third-order valence-corrected chi connectivity index (χ3v) is 4.37. The minimum atomic E-state index is -3.97. The number of nitrogens with one attached hydrogen (secondary N) is 1. The van der Waals surface area contributed by atoms with Crippen LogP contribution in [0, 0.1) is 11.6 Å². The van der Waals surface area contributed by atoms with Gasteiger partial charge in [0.25, 0.3) is 0 Å². The van der Waals surface area contributed by atoms with E-state index in [1.54, 1.807) is 0 Å². The van der Waals surface area contributed by atoms with Gasteiger partial charge in [-0.2, -0.15) is 4.31 Å². The highest BCUT2D eigenvalue weighted by Gasteiger charge is 2.29. The third-order valence-electron chi connectivity index (χ3n) is 2.53. The molecule has 0 radical (unpaired) electrons. The summed E-state index contributed by atoms with van der Waals surface area (Å²) in [6.07, 6.45) is 0. The van der Waals surface area contributed by atoms with E-state index in [1.807, 2.05) is 0 Å². The molecular formula is C10H10F2N2O3S. The number of amides is 1. The first-order valence-corrected chi connectivity index (χ1v) is 6.57. The molecule has 0 bridgehead atoms. The van der Waals surface area contributed by atoms with E-state index >= 15 is 0 Å². The van der Waals surface area contributed by atoms with Crippen molar-refractivity contribution >= 4 is 15.9 Å². The first-order valence-electron chi connectivity index (χ1n) is 5.13. The number of carbonyl (C=O) groups is 1. The Balaban J connectivity index is 2.35. The van der Waals surface area contributed by atoms with Crippen LogP contribution in [-0.2, 0) is 14.8 Å². The molecule has 5 nitrogen and oxygen atoms in total. The number of carbonyl (C=O) groups excluding carboxylic acids is 1. The van der Waals surface area contributed by atoms with Crippen LogP contribution in [0.2, 0.25) is 0 Å². The number of halogens is 2. The van der Waals surface area contributed by atoms with Gasteiger partial charge in [0.1, 0.15) is 0 Å². The maximum atomic E-state index is 13.0. The van der Waals surface area contributed by atoms with Crippen LogP contribution in [-0.4, -0.2) is 38.3 Å². The molecule has 1 aliphatic heterocycles. The van der Waals surface area contributed by atoms with Gasteiger partial charge >= 0.3 is 0 Å². The summed E-state index contributed by atoms with van der Waals surface area (Å²) in [7, 11) is -3.97. The van der Waals surface area contributed by atoms with Crippen molar-refractivity contribution < 1.29 is 22.0 Å². The molecule has 0 saturated carbocycles. The molecule has 1 aromatic rings. The molecule has 1 aromatic carbocycles. The quantitative estimate of drug-likeness (QED) is 0.832. The summed E-state index contributed by atoms with van der Waals surface area (Å²) < 4.78 is 50.8. The van der Waals surface area contributed by atoms with Crippen molar-refractivity contribution in [3.63, 3.8) is 0 Å². The number of hydrogen-bond donors (Lipinski definition) is 1. The predicted molar refractivity (Wildman–Crippen MR) is 58.1 cm³/mol. The average molecular weight is 276 g/mol. The van der Waals surface area contributed by atoms with E-state index in [9.17, 15) is 22.0 Å². The zero-order chi connectivity index (χ0) is 13.3. The van der Waals surface area contributed by atoms with E-state index in [4.69, 9.17) is 0 Å². The summed E-state index contributed by atoms with van der Waals surface area (Å²) in [4.78, 5) is 10.8. The predicted octanol–water partition coefficient (Wildman–Crippen LogP) is 0.0853. The van der Waals surface area contributed by atoms with Crippen LogP contribution in [0.4, 0.5) is 8.78 Å². The smallest absolute Gasteiger partial charge is 0.243 e. The fraction of sp³-hybridized carbons (Fsp3) is 0.300. The molecule has 0 atom stereocenters. The number of hydrogen-bond acceptors (Lipinski definition) is 3. The van der Waals surface area contributed by atoms with Crippen LogP contribution in [0.1, 0.15) is 0 Å². The van der Waals surface area contributed by atoms with Crippen LogP contribution < -0.4 is 5.32 Å². The van der Waals surface area contributed by atoms with Gasteiger partial charge in [0.05, 0.1) is 11.4 Å². The fourth-order valence-corrected chi connectivity index (χ4v) is 3.02. The van der Waals surface area contributed by atoms with Gasteiger partial charge in [0.15, 0.2) is 11.6 Å². The molecule has 98 valence electrons. The van der Waals surface area contributed by atoms with E-state index < -0.39 is 27.6 Å². The lowest BCUT2D eigenvalue weighted by atomic mass is 10.3. The van der Waals surface area contributed by atoms with E-state index in [-0.39, 0.29) is 24.5 Å². The molecule has 0 spiro atoms. The second-order valence-corrected chi connectivity index (χ2v) is 5.70. The van der Waals surface area contributed by atoms with Crippen LogP contribution in [0.5, 0.6) is 0 Å². The number of rotatable bonds is 2. The Morgan fingerprint density at radius 1 is 1.22 bits per heavy atom. The Morgan fingerprint density at radius 2 is 1.94 bits per heavy atom. The molecule has 1 heterocycles. The summed E-state index contributed by atoms with van der Waals surface area (Å²) in [5, 5.41) is 2.48. The van der Waals surface area contributed by atoms with Gasteiger partial charge in [-0.25, -0.2) is 17.2 Å². The van der Waals surface area contributed by atoms with E-state index in [0.29, 0.717) is 6.07 Å². The highest BCUT2D eigenvalue weighted by atomic mass is 32.2. The van der Waals surface area contributed by atoms with Crippen molar-refractivity contribution in [2.75, 3.05) is 19.6 Å². The molecule has 1 amide bonds. The van der Waals surface area contributed by atoms with Crippen molar-refractivity contribution in [3.8, 4) is 0 Å². The SMILES string of the molecule is O=C1CN(S(=O)(=O)c2ccc(F)c(F)c2)CCN1. The Hall–Kier alpha value is -1.54. The second-order valence-electron chi connectivity index (χ2n) is 3.76. The van der Waals surface area contributed by atoms with Gasteiger partial charge < -0.3 is 5.32 Å². The highest BCUT2D eigenvalue weighted by Crippen LogP contribution is 2.18. The molecule has 8 heteroatoms. The van der Waals surface area contributed by atoms with Gasteiger partial charge in [0.2, 0.25) is 15.9 Å². The van der Waals surface area contributed by atoms with Crippen molar-refractivity contribution in [1.82, 2.24) is 9.62 Å². The molecule has 0 unspecified atom stereocenters. The van der Waals surface area contributed by atoms with Gasteiger partial charge in [-0.1, -0.05) is 0 Å². The Bertz CT molecular complexity index is 589. The number of benzene rings is 1. The topological polar surface area (TPSA) is 66.5 Å². The van der Waals surface area contributed by atoms with Crippen LogP contribution >= 0.6 is 0 Å². The lowest BCUT2D eigenvalue weighted by Crippen LogP contribution is -2.49. The first kappa shape index (κ1) is 12.9. The number of sulfonamides is 1. The molecule has 18 heavy (non-hydrogen) atoms. The molecular weight excluding hydrogens is 266 g/mol. The summed E-state index contributed by atoms with van der Waals surface area (Å²) in [6, 6.07) is 2.32. The molecule has 2 rings (SSSR count). The minimum Gasteiger partial charge on any atom is -0.354 e. The second kappa shape index (κ2) is 4.62. The number of piperazine rings is 1. The lowest BCUT2D eigenvalue weighted by molar-refractivity contribution is -0.122. The van der Waals surface area contributed by atoms with E-state index in [2.05, 4.69) is 5.32 Å². The zero-order valence-corrected chi connectivity index (χ0v) is 10.0. The van der Waals surface area contributed by atoms with Crippen molar-refractivity contribution in [2.24, 2.45) is 0 Å². The first-order chi connectivity index (χ1) is 8.41. The van der Waals surface area contributed by atoms with Gasteiger partial charge in [-0.05, 0) is 18.2 Å². The zero-order valence-electron chi connectivity index (χ0n) is 9.19. The van der Waals surface area contributed by atoms with E-state index in [1.165, 1.54) is 0 Å². The summed E-state index contributed by atoms with van der Waals surface area (Å²) >= 11 is 0. The Morgan fingerprint density at radius 3 is 2.56 bits per heavy atom. The highest BCUT2D eigenvalue weighted by molar-refractivity contribution is 7.89.